The SMILES string of the molecule is CCCS(=O)(=O)Nc1ccc(F)c(C(=O)NC2=Cn3nc(-c4ccc(C)cc4)cc3NC2)c1F. The van der Waals surface area contributed by atoms with Crippen molar-refractivity contribution in [1.29, 1.82) is 0 Å². The molecule has 0 saturated carbocycles. The van der Waals surface area contributed by atoms with Crippen LogP contribution < -0.4 is 15.4 Å². The topological polar surface area (TPSA) is 105 Å². The second-order valence-corrected chi connectivity index (χ2v) is 9.73. The molecule has 0 atom stereocenters. The molecule has 0 bridgehead atoms. The van der Waals surface area contributed by atoms with E-state index in [-0.39, 0.29) is 12.3 Å². The highest BCUT2D eigenvalue weighted by atomic mass is 32.2. The van der Waals surface area contributed by atoms with E-state index in [4.69, 9.17) is 0 Å². The Bertz CT molecular complexity index is 1380. The summed E-state index contributed by atoms with van der Waals surface area (Å²) in [7, 11) is -3.82. The lowest BCUT2D eigenvalue weighted by molar-refractivity contribution is 0.0957. The third-order valence-electron chi connectivity index (χ3n) is 5.15. The van der Waals surface area contributed by atoms with Gasteiger partial charge in [0.15, 0.2) is 5.82 Å². The average Bonchev–Trinajstić information content (AvgIpc) is 3.19. The predicted octanol–water partition coefficient (Wildman–Crippen LogP) is 3.94. The van der Waals surface area contributed by atoms with Crippen molar-refractivity contribution in [2.24, 2.45) is 0 Å². The van der Waals surface area contributed by atoms with Crippen LogP contribution in [0.1, 0.15) is 29.3 Å². The van der Waals surface area contributed by atoms with Gasteiger partial charge >= 0.3 is 0 Å². The lowest BCUT2D eigenvalue weighted by Crippen LogP contribution is -2.31. The molecule has 178 valence electrons. The summed E-state index contributed by atoms with van der Waals surface area (Å²) in [4.78, 5) is 12.7. The molecule has 3 aromatic rings. The van der Waals surface area contributed by atoms with Crippen LogP contribution in [-0.2, 0) is 10.0 Å². The normalized spacial score (nSPS) is 13.0. The number of sulfonamides is 1. The van der Waals surface area contributed by atoms with Crippen LogP contribution in [0.15, 0.2) is 48.2 Å². The number of benzene rings is 2. The van der Waals surface area contributed by atoms with Gasteiger partial charge in [0.1, 0.15) is 17.2 Å². The van der Waals surface area contributed by atoms with E-state index in [1.54, 1.807) is 13.1 Å². The summed E-state index contributed by atoms with van der Waals surface area (Å²) in [6.07, 6.45) is 1.86. The lowest BCUT2D eigenvalue weighted by atomic mass is 10.1. The number of halogens is 2. The number of nitrogens with one attached hydrogen (secondary N) is 3. The lowest BCUT2D eigenvalue weighted by Gasteiger charge is -2.18. The summed E-state index contributed by atoms with van der Waals surface area (Å²) in [6.45, 7) is 3.83. The van der Waals surface area contributed by atoms with Gasteiger partial charge in [0.2, 0.25) is 10.0 Å². The first kappa shape index (κ1) is 23.4. The van der Waals surface area contributed by atoms with Crippen LogP contribution in [0.5, 0.6) is 0 Å². The number of anilines is 2. The molecule has 1 amide bonds. The molecule has 1 aromatic heterocycles. The molecule has 0 unspecified atom stereocenters. The highest BCUT2D eigenvalue weighted by Crippen LogP contribution is 2.26. The molecule has 34 heavy (non-hydrogen) atoms. The van der Waals surface area contributed by atoms with Gasteiger partial charge in [0.25, 0.3) is 5.91 Å². The van der Waals surface area contributed by atoms with E-state index in [2.05, 4.69) is 20.5 Å². The van der Waals surface area contributed by atoms with Gasteiger partial charge in [-0.2, -0.15) is 5.10 Å². The number of carbonyl (C=O) groups is 1. The maximum Gasteiger partial charge on any atom is 0.261 e. The number of aryl methyl sites for hydroxylation is 1. The number of hydrogen-bond acceptors (Lipinski definition) is 5. The van der Waals surface area contributed by atoms with Gasteiger partial charge in [0.05, 0.1) is 35.6 Å². The Morgan fingerprint density at radius 1 is 1.18 bits per heavy atom. The zero-order valence-corrected chi connectivity index (χ0v) is 19.3. The molecule has 2 heterocycles. The molecule has 3 N–H and O–H groups in total. The summed E-state index contributed by atoms with van der Waals surface area (Å²) < 4.78 is 56.8. The van der Waals surface area contributed by atoms with Crippen molar-refractivity contribution < 1.29 is 22.0 Å². The van der Waals surface area contributed by atoms with Crippen LogP contribution in [0.25, 0.3) is 17.5 Å². The van der Waals surface area contributed by atoms with Gasteiger partial charge in [-0.15, -0.1) is 0 Å². The summed E-state index contributed by atoms with van der Waals surface area (Å²) in [6, 6.07) is 11.5. The Balaban J connectivity index is 1.56. The molecule has 0 aliphatic carbocycles. The molecule has 0 saturated heterocycles. The molecule has 0 radical (unpaired) electrons. The number of carbonyl (C=O) groups excluding carboxylic acids is 1. The van der Waals surface area contributed by atoms with Crippen LogP contribution in [0.3, 0.4) is 0 Å². The molecule has 8 nitrogen and oxygen atoms in total. The van der Waals surface area contributed by atoms with Crippen molar-refractivity contribution in [2.45, 2.75) is 20.3 Å². The Kier molecular flexibility index (Phi) is 6.38. The fourth-order valence-electron chi connectivity index (χ4n) is 3.48. The number of amides is 1. The van der Waals surface area contributed by atoms with Gasteiger partial charge < -0.3 is 10.6 Å². The van der Waals surface area contributed by atoms with Crippen molar-refractivity contribution in [3.63, 3.8) is 0 Å². The quantitative estimate of drug-likeness (QED) is 0.468. The van der Waals surface area contributed by atoms with Crippen molar-refractivity contribution in [3.05, 3.63) is 70.9 Å². The highest BCUT2D eigenvalue weighted by molar-refractivity contribution is 7.92. The van der Waals surface area contributed by atoms with Crippen LogP contribution >= 0.6 is 0 Å². The smallest absolute Gasteiger partial charge is 0.261 e. The Morgan fingerprint density at radius 3 is 2.62 bits per heavy atom. The average molecular weight is 488 g/mol. The number of hydrogen-bond donors (Lipinski definition) is 3. The fourth-order valence-corrected chi connectivity index (χ4v) is 4.61. The largest absolute Gasteiger partial charge is 0.364 e. The summed E-state index contributed by atoms with van der Waals surface area (Å²) in [5, 5.41) is 10.1. The molecule has 0 fully saturated rings. The Hall–Kier alpha value is -3.73. The van der Waals surface area contributed by atoms with Crippen molar-refractivity contribution >= 4 is 33.6 Å². The summed E-state index contributed by atoms with van der Waals surface area (Å²) >= 11 is 0. The predicted molar refractivity (Wildman–Crippen MR) is 127 cm³/mol. The second-order valence-electron chi connectivity index (χ2n) is 7.89. The van der Waals surface area contributed by atoms with E-state index in [9.17, 15) is 22.0 Å². The van der Waals surface area contributed by atoms with Crippen LogP contribution in [0.4, 0.5) is 20.3 Å². The molecule has 11 heteroatoms. The van der Waals surface area contributed by atoms with E-state index < -0.39 is 38.8 Å². The van der Waals surface area contributed by atoms with E-state index in [1.807, 2.05) is 37.3 Å². The van der Waals surface area contributed by atoms with Gasteiger partial charge in [-0.05, 0) is 25.5 Å². The maximum atomic E-state index is 14.9. The zero-order chi connectivity index (χ0) is 24.5. The number of fused-ring (bicyclic) bond motifs is 1. The molecule has 1 aliphatic rings. The first-order valence-electron chi connectivity index (χ1n) is 10.6. The molecule has 2 aromatic carbocycles. The first-order chi connectivity index (χ1) is 16.2. The van der Waals surface area contributed by atoms with Crippen molar-refractivity contribution in [1.82, 2.24) is 15.1 Å². The number of aromatic nitrogens is 2. The minimum atomic E-state index is -3.82. The van der Waals surface area contributed by atoms with Crippen LogP contribution in [0.2, 0.25) is 0 Å². The van der Waals surface area contributed by atoms with E-state index in [1.165, 1.54) is 4.68 Å². The Labute approximate surface area is 195 Å². The fraction of sp³-hybridized carbons (Fsp3) is 0.217. The van der Waals surface area contributed by atoms with Gasteiger partial charge in [-0.3, -0.25) is 9.52 Å². The van der Waals surface area contributed by atoms with Crippen molar-refractivity contribution in [3.8, 4) is 11.3 Å². The van der Waals surface area contributed by atoms with Crippen LogP contribution in [0, 0.1) is 18.6 Å². The summed E-state index contributed by atoms with van der Waals surface area (Å²) in [5.74, 6) is -2.99. The summed E-state index contributed by atoms with van der Waals surface area (Å²) in [5.41, 5.74) is 1.71. The number of nitrogens with zero attached hydrogens (tertiary/aromatic N) is 2. The minimum absolute atomic E-state index is 0.191. The zero-order valence-electron chi connectivity index (χ0n) is 18.5. The molecule has 4 rings (SSSR count). The Morgan fingerprint density at radius 2 is 1.91 bits per heavy atom. The second kappa shape index (κ2) is 9.26. The van der Waals surface area contributed by atoms with E-state index in [0.717, 1.165) is 29.0 Å². The van der Waals surface area contributed by atoms with Gasteiger partial charge in [-0.1, -0.05) is 36.8 Å². The standard InChI is InChI=1S/C23H23F2N5O3S/c1-3-10-34(32,33)29-18-9-8-17(24)21(22(18)25)23(31)27-16-12-26-20-11-19(28-30(20)13-16)15-6-4-14(2)5-7-15/h4-9,11,13,26,29H,3,10,12H2,1-2H3,(H,27,31). The molecule has 1 aliphatic heterocycles. The van der Waals surface area contributed by atoms with E-state index >= 15 is 0 Å². The highest BCUT2D eigenvalue weighted by Gasteiger charge is 2.24. The van der Waals surface area contributed by atoms with E-state index in [0.29, 0.717) is 17.9 Å². The molecular weight excluding hydrogens is 464 g/mol. The van der Waals surface area contributed by atoms with Gasteiger partial charge in [-0.25, -0.2) is 21.9 Å². The monoisotopic (exact) mass is 487 g/mol. The third-order valence-corrected chi connectivity index (χ3v) is 6.63. The minimum Gasteiger partial charge on any atom is -0.364 e. The molecular formula is C23H23F2N5O3S. The van der Waals surface area contributed by atoms with Gasteiger partial charge in [0, 0.05) is 11.6 Å². The van der Waals surface area contributed by atoms with Crippen molar-refractivity contribution in [2.75, 3.05) is 22.3 Å². The molecule has 0 spiro atoms. The number of rotatable bonds is 7. The first-order valence-corrected chi connectivity index (χ1v) is 12.2. The maximum absolute atomic E-state index is 14.9. The third kappa shape index (κ3) is 4.93. The van der Waals surface area contributed by atoms with Crippen LogP contribution in [-0.4, -0.2) is 36.4 Å².